The van der Waals surface area contributed by atoms with Crippen molar-refractivity contribution in [1.82, 2.24) is 19.9 Å². The molecule has 0 spiro atoms. The van der Waals surface area contributed by atoms with Crippen LogP contribution >= 0.6 is 0 Å². The molecule has 28 heavy (non-hydrogen) atoms. The first kappa shape index (κ1) is 18.5. The Hall–Kier alpha value is -2.84. The van der Waals surface area contributed by atoms with Gasteiger partial charge in [-0.15, -0.1) is 5.10 Å². The molecule has 0 radical (unpaired) electrons. The molecule has 0 atom stereocenters. The van der Waals surface area contributed by atoms with Crippen LogP contribution in [0.1, 0.15) is 15.9 Å². The fraction of sp³-hybridized carbons (Fsp3) is 0.350. The maximum Gasteiger partial charge on any atom is 0.255 e. The fourth-order valence-electron chi connectivity index (χ4n) is 3.26. The van der Waals surface area contributed by atoms with Crippen molar-refractivity contribution in [2.24, 2.45) is 0 Å². The average Bonchev–Trinajstić information content (AvgIpc) is 3.12. The summed E-state index contributed by atoms with van der Waals surface area (Å²) in [6.45, 7) is 6.81. The predicted molar refractivity (Wildman–Crippen MR) is 104 cm³/mol. The number of aryl methyl sites for hydroxylation is 1. The van der Waals surface area contributed by atoms with Gasteiger partial charge in [-0.3, -0.25) is 9.69 Å². The molecule has 2 heterocycles. The molecule has 0 bridgehead atoms. The number of rotatable bonds is 5. The molecule has 2 aromatic carbocycles. The van der Waals surface area contributed by atoms with Crippen LogP contribution in [0.3, 0.4) is 0 Å². The zero-order chi connectivity index (χ0) is 19.5. The third-order valence-corrected chi connectivity index (χ3v) is 4.96. The van der Waals surface area contributed by atoms with Crippen LogP contribution in [0.15, 0.2) is 36.4 Å². The number of nitrogens with zero attached hydrogens (tertiary/aromatic N) is 4. The molecule has 7 nitrogen and oxygen atoms in total. The number of amides is 1. The zero-order valence-electron chi connectivity index (χ0n) is 15.7. The molecular formula is C20H22FN5O2. The van der Waals surface area contributed by atoms with Gasteiger partial charge < -0.3 is 10.1 Å². The lowest BCUT2D eigenvalue weighted by molar-refractivity contribution is 0.0360. The van der Waals surface area contributed by atoms with Crippen molar-refractivity contribution >= 4 is 22.6 Å². The number of hydrogen-bond acceptors (Lipinski definition) is 5. The number of carbonyl (C=O) groups is 1. The van der Waals surface area contributed by atoms with Crippen LogP contribution in [0.25, 0.3) is 11.0 Å². The molecule has 0 aliphatic carbocycles. The summed E-state index contributed by atoms with van der Waals surface area (Å²) < 4.78 is 20.6. The van der Waals surface area contributed by atoms with Gasteiger partial charge in [-0.2, -0.15) is 0 Å². The maximum absolute atomic E-state index is 13.4. The molecule has 1 aliphatic rings. The first-order valence-electron chi connectivity index (χ1n) is 9.31. The number of hydrogen-bond donors (Lipinski definition) is 1. The van der Waals surface area contributed by atoms with Gasteiger partial charge in [0, 0.05) is 30.9 Å². The lowest BCUT2D eigenvalue weighted by atomic mass is 10.1. The number of carbonyl (C=O) groups excluding carboxylic acids is 1. The summed E-state index contributed by atoms with van der Waals surface area (Å²) in [6.07, 6.45) is 0. The van der Waals surface area contributed by atoms with Crippen molar-refractivity contribution in [3.8, 4) is 0 Å². The summed E-state index contributed by atoms with van der Waals surface area (Å²) in [6, 6.07) is 9.61. The average molecular weight is 383 g/mol. The summed E-state index contributed by atoms with van der Waals surface area (Å²) in [5.41, 5.74) is 3.25. The van der Waals surface area contributed by atoms with Gasteiger partial charge >= 0.3 is 0 Å². The van der Waals surface area contributed by atoms with Crippen molar-refractivity contribution in [1.29, 1.82) is 0 Å². The number of benzene rings is 2. The normalized spacial score (nSPS) is 15.1. The van der Waals surface area contributed by atoms with Gasteiger partial charge in [0.25, 0.3) is 5.91 Å². The Balaban J connectivity index is 1.47. The number of anilines is 1. The molecule has 3 aromatic rings. The van der Waals surface area contributed by atoms with Gasteiger partial charge in [-0.05, 0) is 42.8 Å². The fourth-order valence-corrected chi connectivity index (χ4v) is 3.26. The highest BCUT2D eigenvalue weighted by molar-refractivity contribution is 6.06. The van der Waals surface area contributed by atoms with E-state index in [1.807, 2.05) is 17.7 Å². The molecule has 4 rings (SSSR count). The third kappa shape index (κ3) is 4.02. The monoisotopic (exact) mass is 383 g/mol. The number of nitrogens with one attached hydrogen (secondary N) is 1. The zero-order valence-corrected chi connectivity index (χ0v) is 15.7. The van der Waals surface area contributed by atoms with Gasteiger partial charge in [0.1, 0.15) is 11.3 Å². The Morgan fingerprint density at radius 3 is 2.82 bits per heavy atom. The highest BCUT2D eigenvalue weighted by Gasteiger charge is 2.14. The minimum absolute atomic E-state index is 0.307. The summed E-state index contributed by atoms with van der Waals surface area (Å²) in [7, 11) is 0. The van der Waals surface area contributed by atoms with Crippen LogP contribution in [0.5, 0.6) is 0 Å². The highest BCUT2D eigenvalue weighted by atomic mass is 19.1. The first-order valence-corrected chi connectivity index (χ1v) is 9.31. The predicted octanol–water partition coefficient (Wildman–Crippen LogP) is 2.46. The molecule has 1 aromatic heterocycles. The van der Waals surface area contributed by atoms with E-state index < -0.39 is 0 Å². The van der Waals surface area contributed by atoms with Gasteiger partial charge in [0.2, 0.25) is 0 Å². The highest BCUT2D eigenvalue weighted by Crippen LogP contribution is 2.19. The van der Waals surface area contributed by atoms with E-state index in [2.05, 4.69) is 20.5 Å². The van der Waals surface area contributed by atoms with Crippen LogP contribution in [0.4, 0.5) is 10.1 Å². The number of ether oxygens (including phenoxy) is 1. The standard InChI is InChI=1S/C20H22FN5O2/c1-14-2-4-16(21)13-17(14)22-20(27)15-3-5-19-18(12-15)23-24-26(19)7-6-25-8-10-28-11-9-25/h2-5,12-13H,6-11H2,1H3,(H,22,27). The second kappa shape index (κ2) is 8.04. The van der Waals surface area contributed by atoms with Gasteiger partial charge in [0.05, 0.1) is 25.3 Å². The van der Waals surface area contributed by atoms with Crippen molar-refractivity contribution in [2.75, 3.05) is 38.2 Å². The second-order valence-corrected chi connectivity index (χ2v) is 6.88. The van der Waals surface area contributed by atoms with Gasteiger partial charge in [-0.25, -0.2) is 9.07 Å². The Kier molecular flexibility index (Phi) is 5.31. The first-order chi connectivity index (χ1) is 13.6. The van der Waals surface area contributed by atoms with E-state index in [-0.39, 0.29) is 11.7 Å². The van der Waals surface area contributed by atoms with Crippen molar-refractivity contribution in [3.05, 3.63) is 53.3 Å². The Morgan fingerprint density at radius 2 is 2.00 bits per heavy atom. The Labute approximate surface area is 162 Å². The van der Waals surface area contributed by atoms with Gasteiger partial charge in [0.15, 0.2) is 0 Å². The molecular weight excluding hydrogens is 361 g/mol. The van der Waals surface area contributed by atoms with Crippen molar-refractivity contribution < 1.29 is 13.9 Å². The molecule has 0 saturated carbocycles. The van der Waals surface area contributed by atoms with E-state index in [0.717, 1.165) is 50.5 Å². The van der Waals surface area contributed by atoms with Crippen molar-refractivity contribution in [3.63, 3.8) is 0 Å². The summed E-state index contributed by atoms with van der Waals surface area (Å²) in [5.74, 6) is -0.696. The summed E-state index contributed by atoms with van der Waals surface area (Å²) >= 11 is 0. The smallest absolute Gasteiger partial charge is 0.255 e. The minimum atomic E-state index is -0.389. The lowest BCUT2D eigenvalue weighted by Crippen LogP contribution is -2.38. The lowest BCUT2D eigenvalue weighted by Gasteiger charge is -2.26. The largest absolute Gasteiger partial charge is 0.379 e. The molecule has 1 amide bonds. The number of fused-ring (bicyclic) bond motifs is 1. The number of morpholine rings is 1. The van der Waals surface area contributed by atoms with E-state index in [0.29, 0.717) is 16.8 Å². The van der Waals surface area contributed by atoms with Crippen LogP contribution in [-0.2, 0) is 11.3 Å². The van der Waals surface area contributed by atoms with E-state index >= 15 is 0 Å². The third-order valence-electron chi connectivity index (χ3n) is 4.96. The Morgan fingerprint density at radius 1 is 1.18 bits per heavy atom. The van der Waals surface area contributed by atoms with E-state index in [1.165, 1.54) is 12.1 Å². The molecule has 1 N–H and O–H groups in total. The van der Waals surface area contributed by atoms with Crippen LogP contribution < -0.4 is 5.32 Å². The van der Waals surface area contributed by atoms with Gasteiger partial charge in [-0.1, -0.05) is 11.3 Å². The quantitative estimate of drug-likeness (QED) is 0.733. The number of aromatic nitrogens is 3. The summed E-state index contributed by atoms with van der Waals surface area (Å²) in [5, 5.41) is 11.2. The SMILES string of the molecule is Cc1ccc(F)cc1NC(=O)c1ccc2c(c1)nnn2CCN1CCOCC1. The second-order valence-electron chi connectivity index (χ2n) is 6.88. The topological polar surface area (TPSA) is 72.3 Å². The maximum atomic E-state index is 13.4. The van der Waals surface area contributed by atoms with E-state index in [9.17, 15) is 9.18 Å². The van der Waals surface area contributed by atoms with E-state index in [1.54, 1.807) is 18.2 Å². The molecule has 1 saturated heterocycles. The molecule has 8 heteroatoms. The van der Waals surface area contributed by atoms with Crippen LogP contribution in [-0.4, -0.2) is 58.6 Å². The van der Waals surface area contributed by atoms with E-state index in [4.69, 9.17) is 4.74 Å². The van der Waals surface area contributed by atoms with Crippen molar-refractivity contribution in [2.45, 2.75) is 13.5 Å². The molecule has 1 fully saturated rings. The molecule has 0 unspecified atom stereocenters. The Bertz CT molecular complexity index is 997. The number of halogens is 1. The molecule has 1 aliphatic heterocycles. The van der Waals surface area contributed by atoms with Crippen LogP contribution in [0, 0.1) is 12.7 Å². The molecule has 146 valence electrons. The minimum Gasteiger partial charge on any atom is -0.379 e. The summed E-state index contributed by atoms with van der Waals surface area (Å²) in [4.78, 5) is 14.9. The van der Waals surface area contributed by atoms with Crippen LogP contribution in [0.2, 0.25) is 0 Å².